The molecule has 1 saturated carbocycles. The Hall–Kier alpha value is -1.14. The van der Waals surface area contributed by atoms with Crippen molar-refractivity contribution in [2.75, 3.05) is 19.1 Å². The fourth-order valence-corrected chi connectivity index (χ4v) is 3.46. The van der Waals surface area contributed by atoms with E-state index in [1.807, 2.05) is 7.05 Å². The highest BCUT2D eigenvalue weighted by Gasteiger charge is 2.24. The Morgan fingerprint density at radius 3 is 2.74 bits per heavy atom. The molecule has 1 aliphatic rings. The van der Waals surface area contributed by atoms with Crippen molar-refractivity contribution in [1.82, 2.24) is 4.98 Å². The van der Waals surface area contributed by atoms with Crippen LogP contribution in [0.4, 0.5) is 5.13 Å². The van der Waals surface area contributed by atoms with E-state index >= 15 is 0 Å². The standard InChI is InChI=1S/C13H20N2O3S/c1-15(9-6-4-3-5-7-9)13-14-10(8-18-2)11(19-13)12(16)17/h9H,3-8H2,1-2H3,(H,16,17). The molecule has 0 spiro atoms. The van der Waals surface area contributed by atoms with Gasteiger partial charge in [0.2, 0.25) is 0 Å². The van der Waals surface area contributed by atoms with Crippen LogP contribution in [0.5, 0.6) is 0 Å². The van der Waals surface area contributed by atoms with Gasteiger partial charge in [-0.25, -0.2) is 9.78 Å². The molecule has 1 heterocycles. The average Bonchev–Trinajstić information content (AvgIpc) is 2.83. The van der Waals surface area contributed by atoms with Crippen molar-refractivity contribution in [2.24, 2.45) is 0 Å². The van der Waals surface area contributed by atoms with E-state index in [2.05, 4.69) is 9.88 Å². The summed E-state index contributed by atoms with van der Waals surface area (Å²) in [7, 11) is 3.56. The molecular formula is C13H20N2O3S. The Labute approximate surface area is 117 Å². The summed E-state index contributed by atoms with van der Waals surface area (Å²) < 4.78 is 5.02. The Bertz CT molecular complexity index is 441. The highest BCUT2D eigenvalue weighted by Crippen LogP contribution is 2.31. The molecule has 1 aromatic rings. The minimum atomic E-state index is -0.923. The summed E-state index contributed by atoms with van der Waals surface area (Å²) in [5.41, 5.74) is 0.526. The maximum atomic E-state index is 11.2. The molecule has 0 saturated heterocycles. The molecule has 1 aliphatic carbocycles. The highest BCUT2D eigenvalue weighted by atomic mass is 32.1. The Balaban J connectivity index is 2.18. The predicted octanol–water partition coefficient (Wildman–Crippen LogP) is 2.76. The number of carboxylic acids is 1. The Kier molecular flexibility index (Phi) is 4.76. The molecule has 0 bridgehead atoms. The lowest BCUT2D eigenvalue weighted by Crippen LogP contribution is -2.33. The molecular weight excluding hydrogens is 264 g/mol. The Morgan fingerprint density at radius 1 is 1.47 bits per heavy atom. The second kappa shape index (κ2) is 6.34. The van der Waals surface area contributed by atoms with Crippen molar-refractivity contribution in [3.63, 3.8) is 0 Å². The van der Waals surface area contributed by atoms with Crippen molar-refractivity contribution in [3.05, 3.63) is 10.6 Å². The largest absolute Gasteiger partial charge is 0.477 e. The van der Waals surface area contributed by atoms with Crippen molar-refractivity contribution < 1.29 is 14.6 Å². The van der Waals surface area contributed by atoms with Crippen molar-refractivity contribution >= 4 is 22.4 Å². The van der Waals surface area contributed by atoms with Gasteiger partial charge in [0.15, 0.2) is 5.13 Å². The molecule has 1 fully saturated rings. The number of nitrogens with zero attached hydrogens (tertiary/aromatic N) is 2. The predicted molar refractivity (Wildman–Crippen MR) is 75.1 cm³/mol. The van der Waals surface area contributed by atoms with Gasteiger partial charge in [0.1, 0.15) is 4.88 Å². The van der Waals surface area contributed by atoms with E-state index < -0.39 is 5.97 Å². The van der Waals surface area contributed by atoms with Gasteiger partial charge < -0.3 is 14.7 Å². The van der Waals surface area contributed by atoms with Crippen LogP contribution in [-0.2, 0) is 11.3 Å². The smallest absolute Gasteiger partial charge is 0.347 e. The van der Waals surface area contributed by atoms with E-state index in [-0.39, 0.29) is 6.61 Å². The molecule has 106 valence electrons. The van der Waals surface area contributed by atoms with E-state index in [0.717, 1.165) is 18.0 Å². The molecule has 6 heteroatoms. The van der Waals surface area contributed by atoms with Gasteiger partial charge in [-0.05, 0) is 12.8 Å². The Morgan fingerprint density at radius 2 is 2.16 bits per heavy atom. The summed E-state index contributed by atoms with van der Waals surface area (Å²) in [4.78, 5) is 18.1. The van der Waals surface area contributed by atoms with E-state index in [4.69, 9.17) is 4.74 Å². The van der Waals surface area contributed by atoms with Crippen LogP contribution in [-0.4, -0.2) is 36.3 Å². The summed E-state index contributed by atoms with van der Waals surface area (Å²) in [6.07, 6.45) is 6.13. The van der Waals surface area contributed by atoms with Crippen LogP contribution in [0.1, 0.15) is 47.5 Å². The van der Waals surface area contributed by atoms with Gasteiger partial charge in [0.25, 0.3) is 0 Å². The molecule has 1 N–H and O–H groups in total. The minimum absolute atomic E-state index is 0.247. The third-order valence-corrected chi connectivity index (χ3v) is 4.76. The zero-order valence-corrected chi connectivity index (χ0v) is 12.2. The van der Waals surface area contributed by atoms with Crippen molar-refractivity contribution in [2.45, 2.75) is 44.8 Å². The van der Waals surface area contributed by atoms with Gasteiger partial charge in [-0.15, -0.1) is 0 Å². The van der Waals surface area contributed by atoms with Gasteiger partial charge in [-0.2, -0.15) is 0 Å². The molecule has 0 radical (unpaired) electrons. The molecule has 2 rings (SSSR count). The molecule has 5 nitrogen and oxygen atoms in total. The molecule has 0 atom stereocenters. The van der Waals surface area contributed by atoms with E-state index in [0.29, 0.717) is 16.6 Å². The summed E-state index contributed by atoms with van der Waals surface area (Å²) in [6, 6.07) is 0.483. The number of anilines is 1. The zero-order valence-electron chi connectivity index (χ0n) is 11.4. The van der Waals surface area contributed by atoms with Crippen LogP contribution < -0.4 is 4.90 Å². The van der Waals surface area contributed by atoms with Gasteiger partial charge in [-0.1, -0.05) is 30.6 Å². The van der Waals surface area contributed by atoms with Crippen molar-refractivity contribution in [3.8, 4) is 0 Å². The summed E-state index contributed by atoms with van der Waals surface area (Å²) in [5, 5.41) is 9.98. The lowest BCUT2D eigenvalue weighted by atomic mass is 9.95. The number of thiazole rings is 1. The number of carbonyl (C=O) groups is 1. The third kappa shape index (κ3) is 3.25. The van der Waals surface area contributed by atoms with Gasteiger partial charge in [-0.3, -0.25) is 0 Å². The SMILES string of the molecule is COCc1nc(N(C)C2CCCCC2)sc1C(=O)O. The summed E-state index contributed by atoms with van der Waals surface area (Å²) in [5.74, 6) is -0.923. The second-order valence-corrected chi connectivity index (χ2v) is 5.89. The first-order valence-electron chi connectivity index (χ1n) is 6.58. The lowest BCUT2D eigenvalue weighted by Gasteiger charge is -2.30. The first kappa shape index (κ1) is 14.3. The lowest BCUT2D eigenvalue weighted by molar-refractivity contribution is 0.0697. The molecule has 1 aromatic heterocycles. The number of aromatic carboxylic acids is 1. The number of hydrogen-bond donors (Lipinski definition) is 1. The maximum Gasteiger partial charge on any atom is 0.347 e. The van der Waals surface area contributed by atoms with Crippen LogP contribution >= 0.6 is 11.3 Å². The number of ether oxygens (including phenoxy) is 1. The number of methoxy groups -OCH3 is 1. The zero-order chi connectivity index (χ0) is 13.8. The van der Waals surface area contributed by atoms with E-state index in [1.165, 1.54) is 30.6 Å². The fourth-order valence-electron chi connectivity index (χ4n) is 2.52. The van der Waals surface area contributed by atoms with Crippen LogP contribution in [0, 0.1) is 0 Å². The van der Waals surface area contributed by atoms with Gasteiger partial charge in [0, 0.05) is 20.2 Å². The normalized spacial score (nSPS) is 16.5. The molecule has 0 unspecified atom stereocenters. The van der Waals surface area contributed by atoms with Crippen LogP contribution in [0.25, 0.3) is 0 Å². The third-order valence-electron chi connectivity index (χ3n) is 3.59. The van der Waals surface area contributed by atoms with E-state index in [9.17, 15) is 9.90 Å². The molecule has 0 amide bonds. The quantitative estimate of drug-likeness (QED) is 0.900. The minimum Gasteiger partial charge on any atom is -0.477 e. The first-order chi connectivity index (χ1) is 9.13. The maximum absolute atomic E-state index is 11.2. The second-order valence-electron chi connectivity index (χ2n) is 4.91. The average molecular weight is 284 g/mol. The van der Waals surface area contributed by atoms with Gasteiger partial charge >= 0.3 is 5.97 Å². The summed E-state index contributed by atoms with van der Waals surface area (Å²) in [6.45, 7) is 0.247. The summed E-state index contributed by atoms with van der Waals surface area (Å²) >= 11 is 1.24. The molecule has 19 heavy (non-hydrogen) atoms. The first-order valence-corrected chi connectivity index (χ1v) is 7.40. The van der Waals surface area contributed by atoms with Crippen LogP contribution in [0.3, 0.4) is 0 Å². The molecule has 0 aromatic carbocycles. The number of rotatable bonds is 5. The number of aromatic nitrogens is 1. The van der Waals surface area contributed by atoms with Crippen LogP contribution in [0.2, 0.25) is 0 Å². The van der Waals surface area contributed by atoms with Gasteiger partial charge in [0.05, 0.1) is 12.3 Å². The topological polar surface area (TPSA) is 62.7 Å². The monoisotopic (exact) mass is 284 g/mol. The fraction of sp³-hybridized carbons (Fsp3) is 0.692. The number of hydrogen-bond acceptors (Lipinski definition) is 5. The van der Waals surface area contributed by atoms with Crippen molar-refractivity contribution in [1.29, 1.82) is 0 Å². The van der Waals surface area contributed by atoms with E-state index in [1.54, 1.807) is 7.11 Å². The number of carboxylic acid groups (broad SMARTS) is 1. The molecule has 0 aliphatic heterocycles. The van der Waals surface area contributed by atoms with Crippen LogP contribution in [0.15, 0.2) is 0 Å². The highest BCUT2D eigenvalue weighted by molar-refractivity contribution is 7.17.